The Morgan fingerprint density at radius 3 is 2.60 bits per heavy atom. The average Bonchev–Trinajstić information content (AvgIpc) is 3.16. The predicted molar refractivity (Wildman–Crippen MR) is 111 cm³/mol. The van der Waals surface area contributed by atoms with E-state index in [2.05, 4.69) is 9.97 Å². The van der Waals surface area contributed by atoms with Gasteiger partial charge in [-0.25, -0.2) is 13.8 Å². The molecule has 7 heteroatoms. The molecular formula is C23H21F2N3O2. The van der Waals surface area contributed by atoms with E-state index < -0.39 is 17.7 Å². The molecule has 0 radical (unpaired) electrons. The quantitative estimate of drug-likeness (QED) is 0.415. The van der Waals surface area contributed by atoms with E-state index in [0.717, 1.165) is 34.8 Å². The maximum Gasteiger partial charge on any atom is 0.141 e. The van der Waals surface area contributed by atoms with Crippen molar-refractivity contribution in [2.75, 3.05) is 12.3 Å². The topological polar surface area (TPSA) is 73.2 Å². The first-order valence-corrected chi connectivity index (χ1v) is 9.57. The van der Waals surface area contributed by atoms with Gasteiger partial charge in [0.1, 0.15) is 35.9 Å². The number of halogens is 2. The monoisotopic (exact) mass is 409 g/mol. The van der Waals surface area contributed by atoms with Gasteiger partial charge in [0.2, 0.25) is 0 Å². The Labute approximate surface area is 172 Å². The molecule has 3 N–H and O–H groups in total. The van der Waals surface area contributed by atoms with Crippen molar-refractivity contribution in [2.24, 2.45) is 0 Å². The smallest absolute Gasteiger partial charge is 0.141 e. The number of H-pyrrole nitrogens is 1. The number of benzene rings is 3. The van der Waals surface area contributed by atoms with Gasteiger partial charge in [-0.05, 0) is 61.0 Å². The number of nitrogens with one attached hydrogen (secondary N) is 1. The summed E-state index contributed by atoms with van der Waals surface area (Å²) in [6, 6.07) is 16.0. The molecule has 0 bridgehead atoms. The molecule has 0 aliphatic carbocycles. The van der Waals surface area contributed by atoms with Gasteiger partial charge in [-0.1, -0.05) is 12.1 Å². The van der Waals surface area contributed by atoms with Crippen LogP contribution in [0.15, 0.2) is 60.7 Å². The summed E-state index contributed by atoms with van der Waals surface area (Å²) in [7, 11) is 0. The summed E-state index contributed by atoms with van der Waals surface area (Å²) in [6.45, 7) is 2.35. The summed E-state index contributed by atoms with van der Waals surface area (Å²) in [6.07, 6.45) is -0.390. The molecule has 0 aliphatic heterocycles. The van der Waals surface area contributed by atoms with E-state index in [-0.39, 0.29) is 12.2 Å². The van der Waals surface area contributed by atoms with Crippen LogP contribution in [0.2, 0.25) is 0 Å². The molecule has 0 saturated heterocycles. The highest BCUT2D eigenvalue weighted by Gasteiger charge is 2.19. The van der Waals surface area contributed by atoms with E-state index in [0.29, 0.717) is 23.9 Å². The molecule has 0 spiro atoms. The number of nitrogens with two attached hydrogens (primary N) is 1. The number of hydrogen-bond acceptors (Lipinski definition) is 4. The van der Waals surface area contributed by atoms with Gasteiger partial charge in [0.15, 0.2) is 0 Å². The van der Waals surface area contributed by atoms with E-state index in [1.807, 2.05) is 31.2 Å². The van der Waals surface area contributed by atoms with Crippen LogP contribution in [0.25, 0.3) is 11.0 Å². The van der Waals surface area contributed by atoms with Crippen LogP contribution in [0.5, 0.6) is 5.75 Å². The number of rotatable bonds is 7. The lowest BCUT2D eigenvalue weighted by molar-refractivity contribution is 0.0859. The SMILES string of the molecule is CCOC(c1ccc(OCc2cc(F)ccc2F)cc1)c1nc2ccc(N)cc2[nH]1. The van der Waals surface area contributed by atoms with E-state index in [1.165, 1.54) is 0 Å². The molecule has 3 aromatic carbocycles. The third-order valence-corrected chi connectivity index (χ3v) is 4.69. The van der Waals surface area contributed by atoms with Crippen LogP contribution >= 0.6 is 0 Å². The second-order valence-electron chi connectivity index (χ2n) is 6.83. The maximum absolute atomic E-state index is 13.7. The summed E-state index contributed by atoms with van der Waals surface area (Å²) < 4.78 is 38.6. The average molecular weight is 409 g/mol. The number of anilines is 1. The highest BCUT2D eigenvalue weighted by Crippen LogP contribution is 2.28. The standard InChI is InChI=1S/C23H21F2N3O2/c1-2-29-22(23-27-20-10-6-17(26)12-21(20)28-23)14-3-7-18(8-4-14)30-13-15-11-16(24)5-9-19(15)25/h3-12,22H,2,13,26H2,1H3,(H,27,28). The molecule has 1 heterocycles. The second kappa shape index (κ2) is 8.51. The maximum atomic E-state index is 13.7. The molecule has 1 unspecified atom stereocenters. The van der Waals surface area contributed by atoms with Crippen molar-refractivity contribution in [1.82, 2.24) is 9.97 Å². The van der Waals surface area contributed by atoms with Gasteiger partial charge in [-0.2, -0.15) is 0 Å². The molecule has 0 fully saturated rings. The molecule has 0 aliphatic rings. The number of ether oxygens (including phenoxy) is 2. The molecule has 30 heavy (non-hydrogen) atoms. The van der Waals surface area contributed by atoms with Crippen molar-refractivity contribution in [2.45, 2.75) is 19.6 Å². The third kappa shape index (κ3) is 4.26. The molecule has 4 aromatic rings. The Kier molecular flexibility index (Phi) is 5.63. The minimum absolute atomic E-state index is 0.0666. The molecule has 0 amide bonds. The largest absolute Gasteiger partial charge is 0.489 e. The predicted octanol–water partition coefficient (Wildman–Crippen LogP) is 5.13. The fourth-order valence-electron chi connectivity index (χ4n) is 3.22. The molecule has 154 valence electrons. The lowest BCUT2D eigenvalue weighted by atomic mass is 10.1. The van der Waals surface area contributed by atoms with Crippen LogP contribution in [0.3, 0.4) is 0 Å². The highest BCUT2D eigenvalue weighted by atomic mass is 19.1. The minimum Gasteiger partial charge on any atom is -0.489 e. The Bertz CT molecular complexity index is 1160. The fourth-order valence-corrected chi connectivity index (χ4v) is 3.22. The van der Waals surface area contributed by atoms with Crippen molar-refractivity contribution in [1.29, 1.82) is 0 Å². The Balaban J connectivity index is 1.53. The van der Waals surface area contributed by atoms with Crippen molar-refractivity contribution in [3.05, 3.63) is 89.2 Å². The third-order valence-electron chi connectivity index (χ3n) is 4.69. The van der Waals surface area contributed by atoms with Crippen molar-refractivity contribution < 1.29 is 18.3 Å². The molecule has 1 aromatic heterocycles. The van der Waals surface area contributed by atoms with Crippen molar-refractivity contribution in [3.63, 3.8) is 0 Å². The van der Waals surface area contributed by atoms with Crippen LogP contribution < -0.4 is 10.5 Å². The first kappa shape index (κ1) is 19.8. The van der Waals surface area contributed by atoms with Gasteiger partial charge >= 0.3 is 0 Å². The van der Waals surface area contributed by atoms with Crippen LogP contribution in [-0.4, -0.2) is 16.6 Å². The van der Waals surface area contributed by atoms with Crippen LogP contribution in [0.4, 0.5) is 14.5 Å². The highest BCUT2D eigenvalue weighted by molar-refractivity contribution is 5.78. The fraction of sp³-hybridized carbons (Fsp3) is 0.174. The van der Waals surface area contributed by atoms with E-state index in [4.69, 9.17) is 15.2 Å². The number of aromatic nitrogens is 2. The Hall–Kier alpha value is -3.45. The zero-order valence-corrected chi connectivity index (χ0v) is 16.4. The number of aromatic amines is 1. The Morgan fingerprint density at radius 1 is 1.03 bits per heavy atom. The zero-order valence-electron chi connectivity index (χ0n) is 16.4. The Morgan fingerprint density at radius 2 is 1.83 bits per heavy atom. The molecular weight excluding hydrogens is 388 g/mol. The molecule has 0 saturated carbocycles. The van der Waals surface area contributed by atoms with Crippen LogP contribution in [0, 0.1) is 11.6 Å². The summed E-state index contributed by atoms with van der Waals surface area (Å²) >= 11 is 0. The summed E-state index contributed by atoms with van der Waals surface area (Å²) in [5.74, 6) is 0.204. The number of nitrogen functional groups attached to an aromatic ring is 1. The zero-order chi connectivity index (χ0) is 21.1. The normalized spacial score (nSPS) is 12.2. The van der Waals surface area contributed by atoms with Gasteiger partial charge in [-0.15, -0.1) is 0 Å². The van der Waals surface area contributed by atoms with E-state index >= 15 is 0 Å². The second-order valence-corrected chi connectivity index (χ2v) is 6.83. The van der Waals surface area contributed by atoms with Gasteiger partial charge in [0.05, 0.1) is 11.0 Å². The van der Waals surface area contributed by atoms with E-state index in [9.17, 15) is 8.78 Å². The lowest BCUT2D eigenvalue weighted by Crippen LogP contribution is -2.08. The number of fused-ring (bicyclic) bond motifs is 1. The first-order chi connectivity index (χ1) is 14.5. The van der Waals surface area contributed by atoms with Crippen molar-refractivity contribution >= 4 is 16.7 Å². The van der Waals surface area contributed by atoms with E-state index in [1.54, 1.807) is 18.2 Å². The van der Waals surface area contributed by atoms with Gasteiger partial charge in [-0.3, -0.25) is 0 Å². The molecule has 4 rings (SSSR count). The number of nitrogens with zero attached hydrogens (tertiary/aromatic N) is 1. The molecule has 5 nitrogen and oxygen atoms in total. The lowest BCUT2D eigenvalue weighted by Gasteiger charge is -2.16. The first-order valence-electron chi connectivity index (χ1n) is 9.57. The summed E-state index contributed by atoms with van der Waals surface area (Å²) in [4.78, 5) is 7.89. The van der Waals surface area contributed by atoms with Crippen LogP contribution in [-0.2, 0) is 11.3 Å². The summed E-state index contributed by atoms with van der Waals surface area (Å²) in [5, 5.41) is 0. The summed E-state index contributed by atoms with van der Waals surface area (Å²) in [5.41, 5.74) is 9.19. The van der Waals surface area contributed by atoms with Gasteiger partial charge < -0.3 is 20.2 Å². The van der Waals surface area contributed by atoms with Crippen LogP contribution in [0.1, 0.15) is 30.0 Å². The van der Waals surface area contributed by atoms with Gasteiger partial charge in [0, 0.05) is 17.9 Å². The van der Waals surface area contributed by atoms with Crippen molar-refractivity contribution in [3.8, 4) is 5.75 Å². The van der Waals surface area contributed by atoms with Gasteiger partial charge in [0.25, 0.3) is 0 Å². The number of hydrogen-bond donors (Lipinski definition) is 2. The minimum atomic E-state index is -0.505. The molecule has 1 atom stereocenters. The number of imidazole rings is 1.